The number of rotatable bonds is 5. The van der Waals surface area contributed by atoms with E-state index in [0.29, 0.717) is 19.3 Å². The summed E-state index contributed by atoms with van der Waals surface area (Å²) in [7, 11) is 0. The number of fused-ring (bicyclic) bond motifs is 1. The normalized spacial score (nSPS) is 30.8. The van der Waals surface area contributed by atoms with Crippen molar-refractivity contribution in [2.45, 2.75) is 51.4 Å². The molecule has 0 spiro atoms. The Kier molecular flexibility index (Phi) is 5.97. The third-order valence-electron chi connectivity index (χ3n) is 4.70. The molecule has 1 aromatic carbocycles. The van der Waals surface area contributed by atoms with E-state index in [1.54, 1.807) is 6.08 Å². The number of hydrogen-bond acceptors (Lipinski definition) is 4. The predicted octanol–water partition coefficient (Wildman–Crippen LogP) is 2.48. The molecule has 23 heavy (non-hydrogen) atoms. The maximum absolute atomic E-state index is 11.3. The van der Waals surface area contributed by atoms with Crippen LogP contribution < -0.4 is 0 Å². The Bertz CT molecular complexity index is 540. The molecule has 5 atom stereocenters. The Morgan fingerprint density at radius 3 is 2.78 bits per heavy atom. The van der Waals surface area contributed by atoms with Crippen LogP contribution >= 0.6 is 0 Å². The van der Waals surface area contributed by atoms with Crippen molar-refractivity contribution in [3.63, 3.8) is 0 Å². The largest absolute Gasteiger partial charge is 0.462 e. The van der Waals surface area contributed by atoms with Gasteiger partial charge in [-0.3, -0.25) is 4.79 Å². The summed E-state index contributed by atoms with van der Waals surface area (Å²) in [6.45, 7) is 0. The fourth-order valence-electron chi connectivity index (χ4n) is 3.50. The van der Waals surface area contributed by atoms with Crippen LogP contribution in [0.5, 0.6) is 0 Å². The van der Waals surface area contributed by atoms with Crippen molar-refractivity contribution in [1.29, 1.82) is 0 Å². The zero-order chi connectivity index (χ0) is 15.5. The van der Waals surface area contributed by atoms with E-state index in [-0.39, 0.29) is 31.3 Å². The van der Waals surface area contributed by atoms with E-state index < -0.39 is 12.2 Å². The molecule has 2 N–H and O–H groups in total. The molecule has 0 aromatic heterocycles. The lowest BCUT2D eigenvalue weighted by atomic mass is 9.91. The lowest BCUT2D eigenvalue weighted by Crippen LogP contribution is -2.18. The Morgan fingerprint density at radius 1 is 1.30 bits per heavy atom. The molecular weight excluding hydrogens is 292 g/mol. The van der Waals surface area contributed by atoms with Gasteiger partial charge in [0, 0.05) is 18.3 Å². The number of hydrogen-bond donors (Lipinski definition) is 2. The zero-order valence-corrected chi connectivity index (χ0v) is 12.5. The fraction of sp³-hybridized carbons (Fsp3) is 0.526. The lowest BCUT2D eigenvalue weighted by molar-refractivity contribution is -0.141. The van der Waals surface area contributed by atoms with Crippen LogP contribution in [0.15, 0.2) is 42.5 Å². The molecule has 3 rings (SSSR count). The average Bonchev–Trinajstić information content (AvgIpc) is 2.99. The third kappa shape index (κ3) is 4.21. The van der Waals surface area contributed by atoms with Gasteiger partial charge in [0.2, 0.25) is 0 Å². The van der Waals surface area contributed by atoms with Crippen LogP contribution in [0.1, 0.15) is 32.3 Å². The molecule has 0 bridgehead atoms. The number of aryl methyl sites for hydroxylation is 1. The second-order valence-corrected chi connectivity index (χ2v) is 6.25. The van der Waals surface area contributed by atoms with Crippen molar-refractivity contribution < 1.29 is 19.7 Å². The van der Waals surface area contributed by atoms with Gasteiger partial charge < -0.3 is 14.9 Å². The van der Waals surface area contributed by atoms with Crippen molar-refractivity contribution >= 4 is 5.97 Å². The summed E-state index contributed by atoms with van der Waals surface area (Å²) >= 11 is 0. The summed E-state index contributed by atoms with van der Waals surface area (Å²) in [6.07, 6.45) is 4.78. The van der Waals surface area contributed by atoms with E-state index >= 15 is 0 Å². The van der Waals surface area contributed by atoms with Crippen LogP contribution in [-0.2, 0) is 16.0 Å². The second-order valence-electron chi connectivity index (χ2n) is 6.25. The van der Waals surface area contributed by atoms with E-state index in [0.717, 1.165) is 6.42 Å². The monoisotopic (exact) mass is 318 g/mol. The maximum Gasteiger partial charge on any atom is 0.306 e. The number of esters is 1. The molecule has 0 radical (unpaired) electrons. The van der Waals surface area contributed by atoms with Crippen LogP contribution in [0.3, 0.4) is 0 Å². The van der Waals surface area contributed by atoms with Crippen LogP contribution in [0, 0.1) is 11.8 Å². The van der Waals surface area contributed by atoms with Gasteiger partial charge in [-0.05, 0) is 18.4 Å². The molecule has 1 aliphatic heterocycles. The molecule has 2 fully saturated rings. The minimum Gasteiger partial charge on any atom is -0.462 e. The van der Waals surface area contributed by atoms with E-state index in [2.05, 4.69) is 0 Å². The Hall–Kier alpha value is -1.65. The molecule has 1 aliphatic carbocycles. The molecule has 1 saturated carbocycles. The smallest absolute Gasteiger partial charge is 0.306 e. The highest BCUT2D eigenvalue weighted by Crippen LogP contribution is 2.42. The van der Waals surface area contributed by atoms with Crippen LogP contribution in [0.25, 0.3) is 0 Å². The van der Waals surface area contributed by atoms with Crippen LogP contribution in [0.4, 0.5) is 0 Å². The molecular formula is C19H26O4. The van der Waals surface area contributed by atoms with E-state index in [9.17, 15) is 15.0 Å². The van der Waals surface area contributed by atoms with Crippen molar-refractivity contribution in [1.82, 2.24) is 0 Å². The number of benzene rings is 1. The molecule has 0 amide bonds. The van der Waals surface area contributed by atoms with Crippen molar-refractivity contribution in [3.05, 3.63) is 48.0 Å². The number of aliphatic hydroxyl groups excluding tert-OH is 2. The molecule has 1 heterocycles. The number of carbonyl (C=O) groups excluding carboxylic acids is 1. The minimum atomic E-state index is -0.538. The van der Waals surface area contributed by atoms with Crippen molar-refractivity contribution in [3.8, 4) is 0 Å². The first-order chi connectivity index (χ1) is 10.6. The molecule has 1 saturated heterocycles. The van der Waals surface area contributed by atoms with Gasteiger partial charge in [-0.25, -0.2) is 0 Å². The Morgan fingerprint density at radius 2 is 2.04 bits per heavy atom. The molecule has 2 aliphatic rings. The van der Waals surface area contributed by atoms with Gasteiger partial charge in [0.25, 0.3) is 0 Å². The topological polar surface area (TPSA) is 66.8 Å². The van der Waals surface area contributed by atoms with Gasteiger partial charge in [0.1, 0.15) is 6.10 Å². The maximum atomic E-state index is 11.3. The summed E-state index contributed by atoms with van der Waals surface area (Å²) in [5.41, 5.74) is 1.20. The minimum absolute atomic E-state index is 0. The van der Waals surface area contributed by atoms with Crippen LogP contribution in [0.2, 0.25) is 0 Å². The van der Waals surface area contributed by atoms with Gasteiger partial charge in [-0.1, -0.05) is 49.9 Å². The van der Waals surface area contributed by atoms with Crippen molar-refractivity contribution in [2.75, 3.05) is 0 Å². The summed E-state index contributed by atoms with van der Waals surface area (Å²) in [6, 6.07) is 10.0. The van der Waals surface area contributed by atoms with Gasteiger partial charge in [-0.15, -0.1) is 0 Å². The fourth-order valence-corrected chi connectivity index (χ4v) is 3.50. The van der Waals surface area contributed by atoms with Crippen molar-refractivity contribution in [2.24, 2.45) is 11.8 Å². The summed E-state index contributed by atoms with van der Waals surface area (Å²) in [4.78, 5) is 11.3. The quantitative estimate of drug-likeness (QED) is 0.646. The SMILES string of the molecule is C.O=C1CC2C(CC(O)C2/C=C/C(O)CCc2ccccc2)O1. The number of aliphatic hydroxyl groups is 2. The molecule has 5 unspecified atom stereocenters. The Balaban J connectivity index is 0.00000192. The first kappa shape index (κ1) is 17.7. The standard InChI is InChI=1S/C18H22O4.CH4/c19-13(7-6-12-4-2-1-3-5-12)8-9-14-15-10-18(21)22-17(15)11-16(14)20;/h1-5,8-9,13-17,19-20H,6-7,10-11H2;1H4/b9-8+;. The first-order valence-corrected chi connectivity index (χ1v) is 7.91. The average molecular weight is 318 g/mol. The summed E-state index contributed by atoms with van der Waals surface area (Å²) in [5, 5.41) is 20.2. The number of carbonyl (C=O) groups is 1. The van der Waals surface area contributed by atoms with Crippen LogP contribution in [-0.4, -0.2) is 34.5 Å². The highest BCUT2D eigenvalue weighted by Gasteiger charge is 2.48. The zero-order valence-electron chi connectivity index (χ0n) is 12.5. The highest BCUT2D eigenvalue weighted by atomic mass is 16.6. The van der Waals surface area contributed by atoms with Gasteiger partial charge in [0.15, 0.2) is 0 Å². The van der Waals surface area contributed by atoms with E-state index in [4.69, 9.17) is 4.74 Å². The lowest BCUT2D eigenvalue weighted by Gasteiger charge is -2.15. The van der Waals surface area contributed by atoms with Gasteiger partial charge in [0.05, 0.1) is 18.6 Å². The molecule has 4 heteroatoms. The molecule has 126 valence electrons. The predicted molar refractivity (Wildman–Crippen MR) is 88.7 cm³/mol. The summed E-state index contributed by atoms with van der Waals surface area (Å²) < 4.78 is 5.20. The van der Waals surface area contributed by atoms with E-state index in [1.165, 1.54) is 5.56 Å². The third-order valence-corrected chi connectivity index (χ3v) is 4.70. The Labute approximate surface area is 137 Å². The second kappa shape index (κ2) is 7.75. The highest BCUT2D eigenvalue weighted by molar-refractivity contribution is 5.72. The van der Waals surface area contributed by atoms with Gasteiger partial charge in [-0.2, -0.15) is 0 Å². The summed E-state index contributed by atoms with van der Waals surface area (Å²) in [5.74, 6) is -0.215. The van der Waals surface area contributed by atoms with E-state index in [1.807, 2.05) is 36.4 Å². The molecule has 4 nitrogen and oxygen atoms in total. The number of ether oxygens (including phenoxy) is 1. The van der Waals surface area contributed by atoms with Gasteiger partial charge >= 0.3 is 5.97 Å². The first-order valence-electron chi connectivity index (χ1n) is 7.91. The molecule has 1 aromatic rings.